The maximum Gasteiger partial charge on any atom is 0.236 e. The molecule has 5 heteroatoms. The van der Waals surface area contributed by atoms with Crippen molar-refractivity contribution in [1.82, 2.24) is 15.5 Å². The van der Waals surface area contributed by atoms with Crippen molar-refractivity contribution in [2.45, 2.75) is 27.2 Å². The van der Waals surface area contributed by atoms with Crippen molar-refractivity contribution in [3.8, 4) is 0 Å². The molecule has 2 amide bonds. The number of hydrogen-bond acceptors (Lipinski definition) is 3. The normalized spacial score (nSPS) is 10.4. The van der Waals surface area contributed by atoms with Crippen LogP contribution in [0.25, 0.3) is 0 Å². The fraction of sp³-hybridized carbons (Fsp3) is 0.833. The second-order valence-corrected chi connectivity index (χ2v) is 4.53. The molecule has 0 saturated carbocycles. The van der Waals surface area contributed by atoms with E-state index in [1.54, 1.807) is 11.9 Å². The standard InChI is InChI=1S/C12H25N3O2/c1-5-15(4)12(17)9-13-7-6-11(16)14-8-10(2)3/h10,13H,5-9H2,1-4H3,(H,14,16). The smallest absolute Gasteiger partial charge is 0.236 e. The largest absolute Gasteiger partial charge is 0.356 e. The Morgan fingerprint density at radius 2 is 1.94 bits per heavy atom. The molecule has 0 heterocycles. The van der Waals surface area contributed by atoms with Gasteiger partial charge in [-0.25, -0.2) is 0 Å². The third kappa shape index (κ3) is 8.68. The predicted molar refractivity (Wildman–Crippen MR) is 68.6 cm³/mol. The first-order valence-electron chi connectivity index (χ1n) is 6.18. The highest BCUT2D eigenvalue weighted by atomic mass is 16.2. The van der Waals surface area contributed by atoms with Gasteiger partial charge in [-0.3, -0.25) is 9.59 Å². The van der Waals surface area contributed by atoms with Gasteiger partial charge >= 0.3 is 0 Å². The molecular formula is C12H25N3O2. The minimum atomic E-state index is 0.0301. The van der Waals surface area contributed by atoms with Gasteiger partial charge in [-0.05, 0) is 12.8 Å². The molecule has 5 nitrogen and oxygen atoms in total. The number of hydrogen-bond donors (Lipinski definition) is 2. The predicted octanol–water partition coefficient (Wildman–Crippen LogP) is 0.217. The van der Waals surface area contributed by atoms with Crippen LogP contribution in [0.5, 0.6) is 0 Å². The second kappa shape index (κ2) is 8.98. The Labute approximate surface area is 104 Å². The van der Waals surface area contributed by atoms with Crippen LogP contribution in [0.1, 0.15) is 27.2 Å². The molecule has 0 aromatic heterocycles. The molecule has 0 aliphatic carbocycles. The molecule has 0 aliphatic heterocycles. The van der Waals surface area contributed by atoms with E-state index in [1.165, 1.54) is 0 Å². The average molecular weight is 243 g/mol. The highest BCUT2D eigenvalue weighted by molar-refractivity contribution is 5.78. The summed E-state index contributed by atoms with van der Waals surface area (Å²) in [4.78, 5) is 24.4. The van der Waals surface area contributed by atoms with E-state index in [0.29, 0.717) is 38.5 Å². The van der Waals surface area contributed by atoms with Gasteiger partial charge < -0.3 is 15.5 Å². The molecule has 0 aromatic rings. The van der Waals surface area contributed by atoms with E-state index < -0.39 is 0 Å². The maximum atomic E-state index is 11.4. The molecule has 0 atom stereocenters. The molecule has 0 aromatic carbocycles. The second-order valence-electron chi connectivity index (χ2n) is 4.53. The average Bonchev–Trinajstić information content (AvgIpc) is 2.30. The molecule has 0 rings (SSSR count). The van der Waals surface area contributed by atoms with Crippen LogP contribution >= 0.6 is 0 Å². The quantitative estimate of drug-likeness (QED) is 0.599. The molecule has 0 bridgehead atoms. The van der Waals surface area contributed by atoms with Gasteiger partial charge in [-0.1, -0.05) is 13.8 Å². The first-order valence-corrected chi connectivity index (χ1v) is 6.18. The third-order valence-electron chi connectivity index (χ3n) is 2.41. The van der Waals surface area contributed by atoms with Crippen molar-refractivity contribution in [2.24, 2.45) is 5.92 Å². The van der Waals surface area contributed by atoms with E-state index in [2.05, 4.69) is 24.5 Å². The molecule has 0 aliphatic rings. The summed E-state index contributed by atoms with van der Waals surface area (Å²) in [6, 6.07) is 0. The van der Waals surface area contributed by atoms with E-state index in [4.69, 9.17) is 0 Å². The Balaban J connectivity index is 3.51. The number of amides is 2. The molecular weight excluding hydrogens is 218 g/mol. The SMILES string of the molecule is CCN(C)C(=O)CNCCC(=O)NCC(C)C. The molecule has 0 unspecified atom stereocenters. The zero-order chi connectivity index (χ0) is 13.3. The Hall–Kier alpha value is -1.10. The number of nitrogens with one attached hydrogen (secondary N) is 2. The summed E-state index contributed by atoms with van der Waals surface area (Å²) in [6.07, 6.45) is 0.413. The summed E-state index contributed by atoms with van der Waals surface area (Å²) < 4.78 is 0. The van der Waals surface area contributed by atoms with E-state index in [-0.39, 0.29) is 11.8 Å². The fourth-order valence-corrected chi connectivity index (χ4v) is 1.11. The molecule has 0 spiro atoms. The van der Waals surface area contributed by atoms with Crippen molar-refractivity contribution in [3.63, 3.8) is 0 Å². The molecule has 100 valence electrons. The van der Waals surface area contributed by atoms with Crippen LogP contribution in [0.15, 0.2) is 0 Å². The maximum absolute atomic E-state index is 11.4. The number of nitrogens with zero attached hydrogens (tertiary/aromatic N) is 1. The molecule has 17 heavy (non-hydrogen) atoms. The van der Waals surface area contributed by atoms with Gasteiger partial charge in [0.2, 0.25) is 11.8 Å². The third-order valence-corrected chi connectivity index (χ3v) is 2.41. The number of carbonyl (C=O) groups excluding carboxylic acids is 2. The van der Waals surface area contributed by atoms with Crippen LogP contribution in [0, 0.1) is 5.92 Å². The first-order chi connectivity index (χ1) is 7.97. The minimum absolute atomic E-state index is 0.0301. The van der Waals surface area contributed by atoms with Gasteiger partial charge in [0.05, 0.1) is 6.54 Å². The number of carbonyl (C=O) groups is 2. The van der Waals surface area contributed by atoms with Crippen LogP contribution in [-0.2, 0) is 9.59 Å². The van der Waals surface area contributed by atoms with Gasteiger partial charge in [0.25, 0.3) is 0 Å². The minimum Gasteiger partial charge on any atom is -0.356 e. The Morgan fingerprint density at radius 3 is 2.47 bits per heavy atom. The number of rotatable bonds is 8. The van der Waals surface area contributed by atoms with Gasteiger partial charge in [-0.2, -0.15) is 0 Å². The lowest BCUT2D eigenvalue weighted by molar-refractivity contribution is -0.129. The summed E-state index contributed by atoms with van der Waals surface area (Å²) >= 11 is 0. The zero-order valence-electron chi connectivity index (χ0n) is 11.4. The summed E-state index contributed by atoms with van der Waals surface area (Å²) in [5.74, 6) is 0.546. The lowest BCUT2D eigenvalue weighted by Crippen LogP contribution is -2.37. The fourth-order valence-electron chi connectivity index (χ4n) is 1.11. The molecule has 0 saturated heterocycles. The molecule has 0 fully saturated rings. The first kappa shape index (κ1) is 15.9. The van der Waals surface area contributed by atoms with Crippen molar-refractivity contribution < 1.29 is 9.59 Å². The van der Waals surface area contributed by atoms with E-state index >= 15 is 0 Å². The van der Waals surface area contributed by atoms with Crippen LogP contribution in [0.3, 0.4) is 0 Å². The highest BCUT2D eigenvalue weighted by Gasteiger charge is 2.06. The van der Waals surface area contributed by atoms with Gasteiger partial charge in [-0.15, -0.1) is 0 Å². The lowest BCUT2D eigenvalue weighted by Gasteiger charge is -2.14. The Bertz CT molecular complexity index is 242. The van der Waals surface area contributed by atoms with Crippen LogP contribution in [-0.4, -0.2) is 49.9 Å². The van der Waals surface area contributed by atoms with Gasteiger partial charge in [0.15, 0.2) is 0 Å². The monoisotopic (exact) mass is 243 g/mol. The molecule has 0 radical (unpaired) electrons. The zero-order valence-corrected chi connectivity index (χ0v) is 11.4. The summed E-state index contributed by atoms with van der Waals surface area (Å²) in [5.41, 5.74) is 0. The highest BCUT2D eigenvalue weighted by Crippen LogP contribution is 1.88. The van der Waals surface area contributed by atoms with E-state index in [1.807, 2.05) is 6.92 Å². The molecule has 2 N–H and O–H groups in total. The van der Waals surface area contributed by atoms with Crippen LogP contribution < -0.4 is 10.6 Å². The lowest BCUT2D eigenvalue weighted by atomic mass is 10.2. The summed E-state index contributed by atoms with van der Waals surface area (Å²) in [6.45, 7) is 8.27. The van der Waals surface area contributed by atoms with Crippen LogP contribution in [0.2, 0.25) is 0 Å². The van der Waals surface area contributed by atoms with Gasteiger partial charge in [0.1, 0.15) is 0 Å². The van der Waals surface area contributed by atoms with Crippen molar-refractivity contribution >= 4 is 11.8 Å². The Morgan fingerprint density at radius 1 is 1.29 bits per heavy atom. The van der Waals surface area contributed by atoms with Crippen molar-refractivity contribution in [2.75, 3.05) is 33.2 Å². The van der Waals surface area contributed by atoms with Crippen molar-refractivity contribution in [1.29, 1.82) is 0 Å². The Kier molecular flexibility index (Phi) is 8.40. The summed E-state index contributed by atoms with van der Waals surface area (Å²) in [7, 11) is 1.76. The topological polar surface area (TPSA) is 61.4 Å². The van der Waals surface area contributed by atoms with Crippen LogP contribution in [0.4, 0.5) is 0 Å². The summed E-state index contributed by atoms with van der Waals surface area (Å²) in [5, 5.41) is 5.80. The van der Waals surface area contributed by atoms with Gasteiger partial charge in [0, 0.05) is 33.1 Å². The van der Waals surface area contributed by atoms with E-state index in [0.717, 1.165) is 0 Å². The van der Waals surface area contributed by atoms with Crippen molar-refractivity contribution in [3.05, 3.63) is 0 Å². The number of likely N-dealkylation sites (N-methyl/N-ethyl adjacent to an activating group) is 1. The van der Waals surface area contributed by atoms with E-state index in [9.17, 15) is 9.59 Å².